The topological polar surface area (TPSA) is 75.4 Å². The Morgan fingerprint density at radius 2 is 1.87 bits per heavy atom. The van der Waals surface area contributed by atoms with E-state index in [1.807, 2.05) is 48.5 Å². The molecule has 3 aromatic rings. The minimum absolute atomic E-state index is 0.0987. The quantitative estimate of drug-likeness (QED) is 0.686. The van der Waals surface area contributed by atoms with Crippen LogP contribution in [0.5, 0.6) is 0 Å². The van der Waals surface area contributed by atoms with Gasteiger partial charge in [-0.1, -0.05) is 12.1 Å². The van der Waals surface area contributed by atoms with E-state index in [2.05, 4.69) is 10.3 Å². The first-order valence-corrected chi connectivity index (χ1v) is 9.74. The monoisotopic (exact) mass is 413 g/mol. The van der Waals surface area contributed by atoms with Crippen molar-refractivity contribution in [3.8, 4) is 11.5 Å². The van der Waals surface area contributed by atoms with Crippen molar-refractivity contribution < 1.29 is 22.8 Å². The molecule has 2 aromatic carbocycles. The minimum atomic E-state index is -3.04. The van der Waals surface area contributed by atoms with Gasteiger partial charge in [-0.15, -0.1) is 0 Å². The molecule has 1 heterocycles. The molecule has 2 amide bonds. The van der Waals surface area contributed by atoms with Gasteiger partial charge in [-0.2, -0.15) is 8.78 Å². The summed E-state index contributed by atoms with van der Waals surface area (Å²) in [5.74, 6) is -1.19. The molecule has 30 heavy (non-hydrogen) atoms. The number of nitrogens with zero attached hydrogens (tertiary/aromatic N) is 2. The van der Waals surface area contributed by atoms with E-state index < -0.39 is 18.4 Å². The van der Waals surface area contributed by atoms with E-state index >= 15 is 0 Å². The molecule has 1 fully saturated rings. The lowest BCUT2D eigenvalue weighted by Crippen LogP contribution is -2.38. The third-order valence-electron chi connectivity index (χ3n) is 5.45. The molecule has 0 aliphatic heterocycles. The third kappa shape index (κ3) is 4.03. The Balaban J connectivity index is 1.41. The molecule has 4 rings (SSSR count). The number of hydrogen-bond donors (Lipinski definition) is 1. The summed E-state index contributed by atoms with van der Waals surface area (Å²) in [5, 5.41) is 2.30. The number of alkyl halides is 2. The van der Waals surface area contributed by atoms with Crippen molar-refractivity contribution in [2.24, 2.45) is 5.92 Å². The SMILES string of the molecule is CN(C(=O)[C@@H]1CC[C@H](NC(=O)C(F)F)C1)c1ccc(-c2nc3ccccc3o2)cc1. The van der Waals surface area contributed by atoms with E-state index in [0.717, 1.165) is 11.1 Å². The molecular formula is C22H21F2N3O3. The van der Waals surface area contributed by atoms with Gasteiger partial charge in [-0.3, -0.25) is 9.59 Å². The Hall–Kier alpha value is -3.29. The molecule has 8 heteroatoms. The van der Waals surface area contributed by atoms with Crippen LogP contribution in [0.3, 0.4) is 0 Å². The molecule has 0 spiro atoms. The average Bonchev–Trinajstić information content (AvgIpc) is 3.39. The molecule has 0 unspecified atom stereocenters. The summed E-state index contributed by atoms with van der Waals surface area (Å²) < 4.78 is 30.6. The molecular weight excluding hydrogens is 392 g/mol. The first-order chi connectivity index (χ1) is 14.4. The van der Waals surface area contributed by atoms with Gasteiger partial charge in [0.05, 0.1) is 0 Å². The number of nitrogens with one attached hydrogen (secondary N) is 1. The number of benzene rings is 2. The van der Waals surface area contributed by atoms with Gasteiger partial charge >= 0.3 is 6.43 Å². The predicted octanol–water partition coefficient (Wildman–Crippen LogP) is 4.01. The molecule has 0 radical (unpaired) electrons. The highest BCUT2D eigenvalue weighted by Gasteiger charge is 2.33. The molecule has 6 nitrogen and oxygen atoms in total. The smallest absolute Gasteiger partial charge is 0.315 e. The van der Waals surface area contributed by atoms with Crippen LogP contribution in [0.25, 0.3) is 22.6 Å². The Bertz CT molecular complexity index is 1030. The van der Waals surface area contributed by atoms with E-state index in [-0.39, 0.29) is 11.8 Å². The summed E-state index contributed by atoms with van der Waals surface area (Å²) in [7, 11) is 1.68. The van der Waals surface area contributed by atoms with Gasteiger partial charge in [-0.05, 0) is 55.7 Å². The van der Waals surface area contributed by atoms with Crippen LogP contribution < -0.4 is 10.2 Å². The summed E-state index contributed by atoms with van der Waals surface area (Å²) >= 11 is 0. The lowest BCUT2D eigenvalue weighted by molar-refractivity contribution is -0.132. The van der Waals surface area contributed by atoms with Crippen LogP contribution in [0.4, 0.5) is 14.5 Å². The van der Waals surface area contributed by atoms with Crippen molar-refractivity contribution in [3.63, 3.8) is 0 Å². The van der Waals surface area contributed by atoms with Crippen molar-refractivity contribution in [2.75, 3.05) is 11.9 Å². The summed E-state index contributed by atoms with van der Waals surface area (Å²) in [6, 6.07) is 14.4. The van der Waals surface area contributed by atoms with Crippen LogP contribution >= 0.6 is 0 Å². The standard InChI is InChI=1S/C22H21F2N3O3/c1-27(22(29)14-6-9-15(12-14)25-20(28)19(23)24)16-10-7-13(8-11-16)21-26-17-4-2-3-5-18(17)30-21/h2-5,7-8,10-11,14-15,19H,6,9,12H2,1H3,(H,25,28)/t14-,15+/m1/s1. The van der Waals surface area contributed by atoms with Gasteiger partial charge in [0.2, 0.25) is 11.8 Å². The largest absolute Gasteiger partial charge is 0.436 e. The maximum atomic E-state index is 12.8. The predicted molar refractivity (Wildman–Crippen MR) is 108 cm³/mol. The van der Waals surface area contributed by atoms with Crippen LogP contribution in [-0.2, 0) is 9.59 Å². The number of halogens is 2. The fraction of sp³-hybridized carbons (Fsp3) is 0.318. The molecule has 1 aromatic heterocycles. The van der Waals surface area contributed by atoms with E-state index in [0.29, 0.717) is 36.4 Å². The Morgan fingerprint density at radius 3 is 2.57 bits per heavy atom. The van der Waals surface area contributed by atoms with Gasteiger partial charge in [0.1, 0.15) is 5.52 Å². The van der Waals surface area contributed by atoms with Crippen LogP contribution in [0.1, 0.15) is 19.3 Å². The maximum Gasteiger partial charge on any atom is 0.315 e. The highest BCUT2D eigenvalue weighted by Crippen LogP contribution is 2.30. The van der Waals surface area contributed by atoms with Crippen LogP contribution in [-0.4, -0.2) is 36.3 Å². The molecule has 2 atom stereocenters. The number of hydrogen-bond acceptors (Lipinski definition) is 4. The number of rotatable bonds is 5. The van der Waals surface area contributed by atoms with Gasteiger partial charge in [-0.25, -0.2) is 4.98 Å². The van der Waals surface area contributed by atoms with Crippen molar-refractivity contribution in [3.05, 3.63) is 48.5 Å². The highest BCUT2D eigenvalue weighted by molar-refractivity contribution is 5.95. The molecule has 1 aliphatic rings. The van der Waals surface area contributed by atoms with Crippen molar-refractivity contribution in [1.82, 2.24) is 10.3 Å². The first-order valence-electron chi connectivity index (χ1n) is 9.74. The molecule has 0 bridgehead atoms. The van der Waals surface area contributed by atoms with Crippen molar-refractivity contribution in [1.29, 1.82) is 0 Å². The Morgan fingerprint density at radius 1 is 1.13 bits per heavy atom. The number of amides is 2. The molecule has 1 saturated carbocycles. The zero-order valence-electron chi connectivity index (χ0n) is 16.3. The zero-order chi connectivity index (χ0) is 21.3. The zero-order valence-corrected chi connectivity index (χ0v) is 16.3. The molecule has 1 N–H and O–H groups in total. The fourth-order valence-corrected chi connectivity index (χ4v) is 3.83. The minimum Gasteiger partial charge on any atom is -0.436 e. The van der Waals surface area contributed by atoms with Crippen LogP contribution in [0.2, 0.25) is 0 Å². The third-order valence-corrected chi connectivity index (χ3v) is 5.45. The van der Waals surface area contributed by atoms with Crippen molar-refractivity contribution in [2.45, 2.75) is 31.7 Å². The van der Waals surface area contributed by atoms with E-state index in [9.17, 15) is 18.4 Å². The number of carbonyl (C=O) groups excluding carboxylic acids is 2. The summed E-state index contributed by atoms with van der Waals surface area (Å²) in [4.78, 5) is 30.0. The molecule has 0 saturated heterocycles. The second kappa shape index (κ2) is 8.22. The first kappa shape index (κ1) is 20.0. The molecule has 1 aliphatic carbocycles. The number of fused-ring (bicyclic) bond motifs is 1. The lowest BCUT2D eigenvalue weighted by Gasteiger charge is -2.21. The van der Waals surface area contributed by atoms with Crippen LogP contribution in [0, 0.1) is 5.92 Å². The van der Waals surface area contributed by atoms with E-state index in [1.165, 1.54) is 0 Å². The van der Waals surface area contributed by atoms with Gasteiger partial charge in [0.15, 0.2) is 5.58 Å². The fourth-order valence-electron chi connectivity index (χ4n) is 3.83. The van der Waals surface area contributed by atoms with Gasteiger partial charge in [0.25, 0.3) is 5.91 Å². The molecule has 156 valence electrons. The number of carbonyl (C=O) groups is 2. The number of anilines is 1. The van der Waals surface area contributed by atoms with Crippen molar-refractivity contribution >= 4 is 28.6 Å². The van der Waals surface area contributed by atoms with E-state index in [1.54, 1.807) is 11.9 Å². The number of aromatic nitrogens is 1. The summed E-state index contributed by atoms with van der Waals surface area (Å²) in [6.45, 7) is 0. The second-order valence-electron chi connectivity index (χ2n) is 7.45. The highest BCUT2D eigenvalue weighted by atomic mass is 19.3. The lowest BCUT2D eigenvalue weighted by atomic mass is 10.1. The van der Waals surface area contributed by atoms with E-state index in [4.69, 9.17) is 4.42 Å². The van der Waals surface area contributed by atoms with Crippen LogP contribution in [0.15, 0.2) is 52.9 Å². The number of oxazole rings is 1. The Labute approximate surface area is 171 Å². The average molecular weight is 413 g/mol. The van der Waals surface area contributed by atoms with Gasteiger partial charge in [0, 0.05) is 30.3 Å². The normalized spacial score (nSPS) is 18.7. The second-order valence-corrected chi connectivity index (χ2v) is 7.45. The summed E-state index contributed by atoms with van der Waals surface area (Å²) in [5.41, 5.74) is 2.99. The number of para-hydroxylation sites is 2. The summed E-state index contributed by atoms with van der Waals surface area (Å²) in [6.07, 6.45) is -1.61. The maximum absolute atomic E-state index is 12.8. The Kier molecular flexibility index (Phi) is 5.48. The van der Waals surface area contributed by atoms with Gasteiger partial charge < -0.3 is 14.6 Å².